The summed E-state index contributed by atoms with van der Waals surface area (Å²) in [7, 11) is 0. The molecule has 0 N–H and O–H groups in total. The molecule has 1 aliphatic rings. The predicted octanol–water partition coefficient (Wildman–Crippen LogP) is 3.81. The molecule has 1 nitrogen and oxygen atoms in total. The second-order valence-corrected chi connectivity index (χ2v) is 5.01. The average molecular weight is 289 g/mol. The fraction of sp³-hybridized carbons (Fsp3) is 0.417. The Morgan fingerprint density at radius 2 is 2.06 bits per heavy atom. The largest absolute Gasteiger partial charge is 0.299 e. The Morgan fingerprint density at radius 3 is 2.62 bits per heavy atom. The molecule has 2 atom stereocenters. The first kappa shape index (κ1) is 11.7. The Kier molecular flexibility index (Phi) is 3.10. The van der Waals surface area contributed by atoms with E-state index in [2.05, 4.69) is 15.9 Å². The molecule has 1 fully saturated rings. The SMILES string of the molecule is CC1C(=O)CCC1c1c(F)ccc(Br)c1F. The summed E-state index contributed by atoms with van der Waals surface area (Å²) in [5, 5.41) is 0. The van der Waals surface area contributed by atoms with Gasteiger partial charge >= 0.3 is 0 Å². The average Bonchev–Trinajstić information content (AvgIpc) is 2.56. The van der Waals surface area contributed by atoms with E-state index in [0.717, 1.165) is 0 Å². The van der Waals surface area contributed by atoms with Crippen molar-refractivity contribution >= 4 is 21.7 Å². The molecule has 0 aliphatic heterocycles. The lowest BCUT2D eigenvalue weighted by Gasteiger charge is -2.16. The van der Waals surface area contributed by atoms with Crippen molar-refractivity contribution in [2.45, 2.75) is 25.7 Å². The van der Waals surface area contributed by atoms with Gasteiger partial charge in [0.15, 0.2) is 0 Å². The first-order valence-electron chi connectivity index (χ1n) is 5.18. The van der Waals surface area contributed by atoms with Gasteiger partial charge in [-0.3, -0.25) is 4.79 Å². The molecule has 4 heteroatoms. The van der Waals surface area contributed by atoms with E-state index in [1.807, 2.05) is 0 Å². The van der Waals surface area contributed by atoms with Crippen LogP contribution in [0.15, 0.2) is 16.6 Å². The standard InChI is InChI=1S/C12H11BrF2O/c1-6-7(2-5-10(6)16)11-9(14)4-3-8(13)12(11)15/h3-4,6-7H,2,5H2,1H3. The molecule has 16 heavy (non-hydrogen) atoms. The van der Waals surface area contributed by atoms with Crippen LogP contribution in [0.3, 0.4) is 0 Å². The van der Waals surface area contributed by atoms with Crippen LogP contribution in [0.5, 0.6) is 0 Å². The maximum absolute atomic E-state index is 13.8. The molecule has 0 spiro atoms. The summed E-state index contributed by atoms with van der Waals surface area (Å²) in [5.74, 6) is -1.68. The maximum atomic E-state index is 13.8. The Balaban J connectivity index is 2.48. The number of ketones is 1. The predicted molar refractivity (Wildman–Crippen MR) is 60.2 cm³/mol. The minimum Gasteiger partial charge on any atom is -0.299 e. The normalized spacial score (nSPS) is 25.1. The smallest absolute Gasteiger partial charge is 0.143 e. The molecular formula is C12H11BrF2O. The summed E-state index contributed by atoms with van der Waals surface area (Å²) in [4.78, 5) is 11.4. The van der Waals surface area contributed by atoms with Crippen molar-refractivity contribution in [1.82, 2.24) is 0 Å². The Labute approximate surface area is 101 Å². The molecule has 2 unspecified atom stereocenters. The Morgan fingerprint density at radius 1 is 1.38 bits per heavy atom. The highest BCUT2D eigenvalue weighted by Gasteiger charge is 2.35. The number of rotatable bonds is 1. The molecule has 0 heterocycles. The maximum Gasteiger partial charge on any atom is 0.143 e. The number of hydrogen-bond donors (Lipinski definition) is 0. The third-order valence-corrected chi connectivity index (χ3v) is 3.88. The number of halogens is 3. The number of Topliss-reactive ketones (excluding diaryl/α,β-unsaturated/α-hetero) is 1. The molecule has 0 saturated heterocycles. The van der Waals surface area contributed by atoms with Crippen LogP contribution in [0.1, 0.15) is 31.2 Å². The molecule has 0 aromatic heterocycles. The molecule has 0 amide bonds. The Bertz CT molecular complexity index is 445. The molecule has 1 saturated carbocycles. The van der Waals surface area contributed by atoms with Gasteiger partial charge in [0, 0.05) is 17.9 Å². The first-order chi connectivity index (χ1) is 7.52. The van der Waals surface area contributed by atoms with E-state index < -0.39 is 11.6 Å². The quantitative estimate of drug-likeness (QED) is 0.718. The minimum atomic E-state index is -0.577. The van der Waals surface area contributed by atoms with Crippen molar-refractivity contribution in [1.29, 1.82) is 0 Å². The van der Waals surface area contributed by atoms with E-state index in [4.69, 9.17) is 0 Å². The molecule has 0 radical (unpaired) electrons. The van der Waals surface area contributed by atoms with E-state index in [1.54, 1.807) is 6.92 Å². The van der Waals surface area contributed by atoms with Gasteiger partial charge in [0.05, 0.1) is 4.47 Å². The summed E-state index contributed by atoms with van der Waals surface area (Å²) in [6.45, 7) is 1.74. The highest BCUT2D eigenvalue weighted by Crippen LogP contribution is 2.40. The highest BCUT2D eigenvalue weighted by atomic mass is 79.9. The van der Waals surface area contributed by atoms with Gasteiger partial charge in [-0.15, -0.1) is 0 Å². The van der Waals surface area contributed by atoms with E-state index in [1.165, 1.54) is 12.1 Å². The summed E-state index contributed by atoms with van der Waals surface area (Å²) in [6, 6.07) is 2.58. The topological polar surface area (TPSA) is 17.1 Å². The number of benzene rings is 1. The summed E-state index contributed by atoms with van der Waals surface area (Å²) in [5.41, 5.74) is 0.0488. The van der Waals surface area contributed by atoms with Crippen LogP contribution in [0, 0.1) is 17.6 Å². The molecule has 86 valence electrons. The Hall–Kier alpha value is -0.770. The van der Waals surface area contributed by atoms with Crippen molar-refractivity contribution in [3.05, 3.63) is 33.8 Å². The van der Waals surface area contributed by atoms with Gasteiger partial charge in [0.25, 0.3) is 0 Å². The monoisotopic (exact) mass is 288 g/mol. The molecule has 1 aromatic rings. The van der Waals surface area contributed by atoms with Gasteiger partial charge in [-0.25, -0.2) is 8.78 Å². The van der Waals surface area contributed by atoms with Crippen molar-refractivity contribution in [3.8, 4) is 0 Å². The first-order valence-corrected chi connectivity index (χ1v) is 5.97. The molecular weight excluding hydrogens is 278 g/mol. The summed E-state index contributed by atoms with van der Waals surface area (Å²) >= 11 is 3.04. The van der Waals surface area contributed by atoms with Crippen LogP contribution in [-0.4, -0.2) is 5.78 Å². The molecule has 0 bridgehead atoms. The minimum absolute atomic E-state index is 0.0488. The fourth-order valence-corrected chi connectivity index (χ4v) is 2.62. The van der Waals surface area contributed by atoms with Gasteiger partial charge in [0.1, 0.15) is 17.4 Å². The van der Waals surface area contributed by atoms with E-state index in [-0.39, 0.29) is 27.7 Å². The van der Waals surface area contributed by atoms with Gasteiger partial charge in [-0.1, -0.05) is 6.92 Å². The van der Waals surface area contributed by atoms with Crippen LogP contribution in [0.2, 0.25) is 0 Å². The van der Waals surface area contributed by atoms with Crippen molar-refractivity contribution in [2.24, 2.45) is 5.92 Å². The summed E-state index contributed by atoms with van der Waals surface area (Å²) < 4.78 is 27.7. The van der Waals surface area contributed by atoms with Crippen molar-refractivity contribution < 1.29 is 13.6 Å². The van der Waals surface area contributed by atoms with Gasteiger partial charge in [0.2, 0.25) is 0 Å². The molecule has 1 aliphatic carbocycles. The van der Waals surface area contributed by atoms with E-state index in [0.29, 0.717) is 12.8 Å². The van der Waals surface area contributed by atoms with Crippen LogP contribution < -0.4 is 0 Å². The lowest BCUT2D eigenvalue weighted by Crippen LogP contribution is -2.12. The lowest BCUT2D eigenvalue weighted by atomic mass is 9.89. The van der Waals surface area contributed by atoms with Gasteiger partial charge < -0.3 is 0 Å². The number of carbonyl (C=O) groups excluding carboxylic acids is 1. The van der Waals surface area contributed by atoms with Crippen LogP contribution in [0.4, 0.5) is 8.78 Å². The second-order valence-electron chi connectivity index (χ2n) is 4.16. The van der Waals surface area contributed by atoms with E-state index in [9.17, 15) is 13.6 Å². The fourth-order valence-electron chi connectivity index (χ4n) is 2.28. The number of hydrogen-bond acceptors (Lipinski definition) is 1. The van der Waals surface area contributed by atoms with Crippen molar-refractivity contribution in [3.63, 3.8) is 0 Å². The van der Waals surface area contributed by atoms with Crippen LogP contribution >= 0.6 is 15.9 Å². The highest BCUT2D eigenvalue weighted by molar-refractivity contribution is 9.10. The van der Waals surface area contributed by atoms with Crippen molar-refractivity contribution in [2.75, 3.05) is 0 Å². The van der Waals surface area contributed by atoms with E-state index >= 15 is 0 Å². The summed E-state index contributed by atoms with van der Waals surface area (Å²) in [6.07, 6.45) is 0.946. The zero-order valence-corrected chi connectivity index (χ0v) is 10.4. The second kappa shape index (κ2) is 4.24. The molecule has 2 rings (SSSR count). The third-order valence-electron chi connectivity index (χ3n) is 3.26. The lowest BCUT2D eigenvalue weighted by molar-refractivity contribution is -0.120. The zero-order valence-electron chi connectivity index (χ0n) is 8.77. The zero-order chi connectivity index (χ0) is 11.9. The van der Waals surface area contributed by atoms with Gasteiger partial charge in [-0.2, -0.15) is 0 Å². The van der Waals surface area contributed by atoms with Gasteiger partial charge in [-0.05, 0) is 40.4 Å². The molecule has 1 aromatic carbocycles. The third kappa shape index (κ3) is 1.79. The number of carbonyl (C=O) groups is 1. The van der Waals surface area contributed by atoms with Crippen LogP contribution in [-0.2, 0) is 4.79 Å². The van der Waals surface area contributed by atoms with Crippen LogP contribution in [0.25, 0.3) is 0 Å².